The molecule has 3 heteroatoms. The zero-order valence-electron chi connectivity index (χ0n) is 13.6. The van der Waals surface area contributed by atoms with Gasteiger partial charge in [-0.05, 0) is 52.0 Å². The van der Waals surface area contributed by atoms with Crippen LogP contribution in [0.3, 0.4) is 0 Å². The van der Waals surface area contributed by atoms with Crippen molar-refractivity contribution in [2.24, 2.45) is 0 Å². The second-order valence-corrected chi connectivity index (χ2v) is 6.69. The topological polar surface area (TPSA) is 23.6 Å². The highest BCUT2D eigenvalue weighted by Crippen LogP contribution is 2.34. The molecule has 2 aromatic carbocycles. The average Bonchev–Trinajstić information content (AvgIpc) is 2.71. The molecule has 22 heavy (non-hydrogen) atoms. The van der Waals surface area contributed by atoms with Gasteiger partial charge in [0.05, 0.1) is 12.1 Å². The van der Waals surface area contributed by atoms with E-state index >= 15 is 0 Å². The summed E-state index contributed by atoms with van der Waals surface area (Å²) in [6.07, 6.45) is 0. The van der Waals surface area contributed by atoms with E-state index in [9.17, 15) is 4.79 Å². The molecule has 0 atom stereocenters. The lowest BCUT2D eigenvalue weighted by Gasteiger charge is -2.29. The molecule has 0 aliphatic carbocycles. The smallest absolute Gasteiger partial charge is 0.292 e. The van der Waals surface area contributed by atoms with Gasteiger partial charge in [-0.2, -0.15) is 0 Å². The Hall–Kier alpha value is -2.29. The van der Waals surface area contributed by atoms with E-state index in [2.05, 4.69) is 27.7 Å². The number of nitrogens with zero attached hydrogens (tertiary/aromatic N) is 2. The van der Waals surface area contributed by atoms with E-state index in [-0.39, 0.29) is 11.6 Å². The lowest BCUT2D eigenvalue weighted by Crippen LogP contribution is -2.42. The predicted octanol–water partition coefficient (Wildman–Crippen LogP) is 4.53. The van der Waals surface area contributed by atoms with Crippen LogP contribution in [0.5, 0.6) is 0 Å². The van der Waals surface area contributed by atoms with Gasteiger partial charge in [-0.25, -0.2) is 4.79 Å². The van der Waals surface area contributed by atoms with Crippen LogP contribution in [0, 0.1) is 13.8 Å². The third-order valence-electron chi connectivity index (χ3n) is 4.21. The third-order valence-corrected chi connectivity index (χ3v) is 4.21. The zero-order chi connectivity index (χ0) is 15.9. The molecule has 1 aliphatic heterocycles. The fourth-order valence-electron chi connectivity index (χ4n) is 2.99. The Bertz CT molecular complexity index is 686. The van der Waals surface area contributed by atoms with Gasteiger partial charge in [0.1, 0.15) is 0 Å². The number of rotatable bonds is 2. The molecule has 0 radical (unpaired) electrons. The van der Waals surface area contributed by atoms with Gasteiger partial charge in [-0.3, -0.25) is 9.80 Å². The largest absolute Gasteiger partial charge is 0.329 e. The first-order valence-corrected chi connectivity index (χ1v) is 7.63. The van der Waals surface area contributed by atoms with E-state index in [0.29, 0.717) is 6.54 Å². The van der Waals surface area contributed by atoms with E-state index in [1.54, 1.807) is 0 Å². The molecule has 114 valence electrons. The summed E-state index contributed by atoms with van der Waals surface area (Å²) in [5.41, 5.74) is 4.07. The number of anilines is 2. The molecule has 1 aliphatic rings. The maximum Gasteiger partial charge on any atom is 0.329 e. The fourth-order valence-corrected chi connectivity index (χ4v) is 2.99. The van der Waals surface area contributed by atoms with Gasteiger partial charge in [0, 0.05) is 11.4 Å². The van der Waals surface area contributed by atoms with Crippen LogP contribution in [0.15, 0.2) is 48.5 Å². The number of hydrogen-bond donors (Lipinski definition) is 0. The van der Waals surface area contributed by atoms with E-state index in [0.717, 1.165) is 11.4 Å². The second-order valence-electron chi connectivity index (χ2n) is 6.69. The van der Waals surface area contributed by atoms with Crippen LogP contribution in [0.4, 0.5) is 16.2 Å². The first-order chi connectivity index (χ1) is 10.4. The number of hydrogen-bond acceptors (Lipinski definition) is 1. The average molecular weight is 294 g/mol. The van der Waals surface area contributed by atoms with Crippen molar-refractivity contribution < 1.29 is 4.79 Å². The summed E-state index contributed by atoms with van der Waals surface area (Å²) in [6.45, 7) is 9.01. The molecule has 3 rings (SSSR count). The summed E-state index contributed by atoms with van der Waals surface area (Å²) in [7, 11) is 0. The van der Waals surface area contributed by atoms with Gasteiger partial charge < -0.3 is 0 Å². The highest BCUT2D eigenvalue weighted by atomic mass is 16.2. The van der Waals surface area contributed by atoms with Crippen LogP contribution in [-0.2, 0) is 0 Å². The van der Waals surface area contributed by atoms with Gasteiger partial charge in [-0.15, -0.1) is 0 Å². The standard InChI is InChI=1S/C19H22N2O/c1-14-5-9-16(10-6-14)20-13-19(3,4)21(18(20)22)17-11-7-15(2)8-12-17/h5-12H,13H2,1-4H3. The molecule has 0 aromatic heterocycles. The molecule has 0 saturated carbocycles. The van der Waals surface area contributed by atoms with Gasteiger partial charge in [-0.1, -0.05) is 35.4 Å². The molecule has 2 aromatic rings. The second kappa shape index (κ2) is 5.16. The number of aryl methyl sites for hydroxylation is 2. The van der Waals surface area contributed by atoms with E-state index in [4.69, 9.17) is 0 Å². The quantitative estimate of drug-likeness (QED) is 0.798. The van der Waals surface area contributed by atoms with Crippen molar-refractivity contribution in [1.29, 1.82) is 0 Å². The van der Waals surface area contributed by atoms with Gasteiger partial charge in [0.15, 0.2) is 0 Å². The Morgan fingerprint density at radius 3 is 1.77 bits per heavy atom. The van der Waals surface area contributed by atoms with Crippen molar-refractivity contribution in [3.05, 3.63) is 59.7 Å². The summed E-state index contributed by atoms with van der Waals surface area (Å²) in [6, 6.07) is 16.3. The molecular formula is C19H22N2O. The maximum absolute atomic E-state index is 12.9. The van der Waals surface area contributed by atoms with Gasteiger partial charge in [0.25, 0.3) is 0 Å². The van der Waals surface area contributed by atoms with Crippen molar-refractivity contribution >= 4 is 17.4 Å². The summed E-state index contributed by atoms with van der Waals surface area (Å²) >= 11 is 0. The molecule has 0 spiro atoms. The number of amides is 2. The Morgan fingerprint density at radius 1 is 0.818 bits per heavy atom. The van der Waals surface area contributed by atoms with Crippen molar-refractivity contribution in [3.63, 3.8) is 0 Å². The van der Waals surface area contributed by atoms with E-state index < -0.39 is 0 Å². The molecule has 1 fully saturated rings. The minimum absolute atomic E-state index is 0.0395. The molecular weight excluding hydrogens is 272 g/mol. The van der Waals surface area contributed by atoms with Crippen molar-refractivity contribution in [2.75, 3.05) is 16.3 Å². The van der Waals surface area contributed by atoms with Crippen LogP contribution in [0.1, 0.15) is 25.0 Å². The molecule has 3 nitrogen and oxygen atoms in total. The van der Waals surface area contributed by atoms with Crippen LogP contribution < -0.4 is 9.80 Å². The Kier molecular flexibility index (Phi) is 3.44. The summed E-state index contributed by atoms with van der Waals surface area (Å²) in [5, 5.41) is 0. The maximum atomic E-state index is 12.9. The molecule has 0 bridgehead atoms. The summed E-state index contributed by atoms with van der Waals surface area (Å²) < 4.78 is 0. The van der Waals surface area contributed by atoms with Gasteiger partial charge >= 0.3 is 6.03 Å². The van der Waals surface area contributed by atoms with Crippen molar-refractivity contribution in [3.8, 4) is 0 Å². The lowest BCUT2D eigenvalue weighted by atomic mass is 10.0. The lowest BCUT2D eigenvalue weighted by molar-refractivity contribution is 0.254. The molecule has 0 unspecified atom stereocenters. The normalized spacial score (nSPS) is 17.2. The third kappa shape index (κ3) is 2.47. The molecule has 0 N–H and O–H groups in total. The Labute approximate surface area is 132 Å². The SMILES string of the molecule is Cc1ccc(N2CC(C)(C)N(c3ccc(C)cc3)C2=O)cc1. The first kappa shape index (κ1) is 14.6. The summed E-state index contributed by atoms with van der Waals surface area (Å²) in [4.78, 5) is 16.7. The molecule has 2 amide bonds. The first-order valence-electron chi connectivity index (χ1n) is 7.63. The minimum atomic E-state index is -0.239. The number of carbonyl (C=O) groups excluding carboxylic acids is 1. The molecule has 1 saturated heterocycles. The number of benzene rings is 2. The van der Waals surface area contributed by atoms with Crippen LogP contribution in [-0.4, -0.2) is 18.1 Å². The van der Waals surface area contributed by atoms with Crippen LogP contribution in [0.25, 0.3) is 0 Å². The van der Waals surface area contributed by atoms with E-state index in [1.165, 1.54) is 11.1 Å². The highest BCUT2D eigenvalue weighted by molar-refractivity contribution is 6.07. The number of carbonyl (C=O) groups is 1. The van der Waals surface area contributed by atoms with Crippen molar-refractivity contribution in [1.82, 2.24) is 0 Å². The predicted molar refractivity (Wildman–Crippen MR) is 91.7 cm³/mol. The van der Waals surface area contributed by atoms with Crippen LogP contribution in [0.2, 0.25) is 0 Å². The fraction of sp³-hybridized carbons (Fsp3) is 0.316. The Balaban J connectivity index is 1.97. The number of urea groups is 1. The Morgan fingerprint density at radius 2 is 1.27 bits per heavy atom. The minimum Gasteiger partial charge on any atom is -0.292 e. The monoisotopic (exact) mass is 294 g/mol. The highest BCUT2D eigenvalue weighted by Gasteiger charge is 2.44. The van der Waals surface area contributed by atoms with Crippen LogP contribution >= 0.6 is 0 Å². The van der Waals surface area contributed by atoms with Crippen molar-refractivity contribution in [2.45, 2.75) is 33.2 Å². The van der Waals surface area contributed by atoms with E-state index in [1.807, 2.05) is 58.3 Å². The van der Waals surface area contributed by atoms with Gasteiger partial charge in [0.2, 0.25) is 0 Å². The zero-order valence-corrected chi connectivity index (χ0v) is 13.6. The summed E-state index contributed by atoms with van der Waals surface area (Å²) in [5.74, 6) is 0. The molecule has 1 heterocycles.